The van der Waals surface area contributed by atoms with E-state index >= 15 is 0 Å². The number of ketones is 1. The fourth-order valence-electron chi connectivity index (χ4n) is 2.87. The lowest BCUT2D eigenvalue weighted by molar-refractivity contribution is -0.116. The Kier molecular flexibility index (Phi) is 6.94. The van der Waals surface area contributed by atoms with Gasteiger partial charge >= 0.3 is 0 Å². The predicted octanol–water partition coefficient (Wildman–Crippen LogP) is 5.99. The standard InChI is InChI=1S/C21H27NO2S/c1-14(2)16-8-5-9-17(15(3)4)21(16)22-20(24)12-6-10-18(23)19-11-7-13-25-19/h5,7-9,11,13-15H,6,10,12H2,1-4H3,(H,22,24). The van der Waals surface area contributed by atoms with Crippen LogP contribution in [0.3, 0.4) is 0 Å². The van der Waals surface area contributed by atoms with Crippen LogP contribution >= 0.6 is 11.3 Å². The van der Waals surface area contributed by atoms with Gasteiger partial charge in [0.15, 0.2) is 5.78 Å². The minimum absolute atomic E-state index is 0.0195. The van der Waals surface area contributed by atoms with E-state index in [1.807, 2.05) is 17.5 Å². The third-order valence-electron chi connectivity index (χ3n) is 4.24. The maximum absolute atomic E-state index is 12.4. The van der Waals surface area contributed by atoms with E-state index in [4.69, 9.17) is 0 Å². The first-order chi connectivity index (χ1) is 11.9. The number of anilines is 1. The second-order valence-corrected chi connectivity index (χ2v) is 7.87. The highest BCUT2D eigenvalue weighted by atomic mass is 32.1. The van der Waals surface area contributed by atoms with Crippen molar-refractivity contribution in [3.8, 4) is 0 Å². The molecule has 0 aliphatic carbocycles. The van der Waals surface area contributed by atoms with Gasteiger partial charge in [-0.15, -0.1) is 11.3 Å². The summed E-state index contributed by atoms with van der Waals surface area (Å²) in [6.07, 6.45) is 1.35. The fourth-order valence-corrected chi connectivity index (χ4v) is 3.56. The first-order valence-corrected chi connectivity index (χ1v) is 9.77. The molecule has 0 fully saturated rings. The molecule has 0 aliphatic rings. The molecule has 0 saturated heterocycles. The average molecular weight is 358 g/mol. The van der Waals surface area contributed by atoms with E-state index in [2.05, 4.69) is 51.2 Å². The minimum atomic E-state index is -0.0195. The van der Waals surface area contributed by atoms with Crippen LogP contribution in [0.5, 0.6) is 0 Å². The van der Waals surface area contributed by atoms with Gasteiger partial charge in [0.1, 0.15) is 0 Å². The van der Waals surface area contributed by atoms with Crippen molar-refractivity contribution in [2.45, 2.75) is 58.8 Å². The van der Waals surface area contributed by atoms with Gasteiger partial charge in [-0.25, -0.2) is 0 Å². The van der Waals surface area contributed by atoms with Crippen molar-refractivity contribution in [3.05, 3.63) is 51.7 Å². The van der Waals surface area contributed by atoms with Crippen molar-refractivity contribution < 1.29 is 9.59 Å². The molecule has 0 saturated carbocycles. The zero-order chi connectivity index (χ0) is 18.4. The molecule has 0 spiro atoms. The molecule has 2 aromatic rings. The first kappa shape index (κ1) is 19.4. The van der Waals surface area contributed by atoms with Crippen LogP contribution in [0.25, 0.3) is 0 Å². The molecule has 25 heavy (non-hydrogen) atoms. The summed E-state index contributed by atoms with van der Waals surface area (Å²) in [7, 11) is 0. The summed E-state index contributed by atoms with van der Waals surface area (Å²) in [5.41, 5.74) is 3.27. The van der Waals surface area contributed by atoms with Crippen LogP contribution in [0.1, 0.15) is 79.6 Å². The summed E-state index contributed by atoms with van der Waals surface area (Å²) < 4.78 is 0. The second kappa shape index (κ2) is 8.95. The highest BCUT2D eigenvalue weighted by Crippen LogP contribution is 2.32. The number of nitrogens with one attached hydrogen (secondary N) is 1. The van der Waals surface area contributed by atoms with Crippen molar-refractivity contribution in [2.75, 3.05) is 5.32 Å². The Morgan fingerprint density at radius 2 is 1.60 bits per heavy atom. The lowest BCUT2D eigenvalue weighted by atomic mass is 9.92. The molecule has 0 radical (unpaired) electrons. The number of amides is 1. The topological polar surface area (TPSA) is 46.2 Å². The quantitative estimate of drug-likeness (QED) is 0.590. The van der Waals surface area contributed by atoms with Crippen molar-refractivity contribution in [3.63, 3.8) is 0 Å². The molecule has 0 bridgehead atoms. The van der Waals surface area contributed by atoms with Crippen molar-refractivity contribution in [1.82, 2.24) is 0 Å². The lowest BCUT2D eigenvalue weighted by Crippen LogP contribution is -2.16. The predicted molar refractivity (Wildman–Crippen MR) is 106 cm³/mol. The Labute approximate surface area is 154 Å². The normalized spacial score (nSPS) is 11.1. The average Bonchev–Trinajstić information content (AvgIpc) is 3.09. The van der Waals surface area contributed by atoms with Crippen molar-refractivity contribution in [2.24, 2.45) is 0 Å². The third kappa shape index (κ3) is 5.27. The summed E-state index contributed by atoms with van der Waals surface area (Å²) in [5.74, 6) is 0.783. The largest absolute Gasteiger partial charge is 0.326 e. The van der Waals surface area contributed by atoms with Gasteiger partial charge in [-0.05, 0) is 40.8 Å². The van der Waals surface area contributed by atoms with Gasteiger partial charge in [0.2, 0.25) is 5.91 Å². The maximum Gasteiger partial charge on any atom is 0.224 e. The molecule has 1 amide bonds. The van der Waals surface area contributed by atoms with Gasteiger partial charge in [-0.3, -0.25) is 9.59 Å². The molecule has 1 N–H and O–H groups in total. The van der Waals surface area contributed by atoms with E-state index < -0.39 is 0 Å². The van der Waals surface area contributed by atoms with E-state index in [0.717, 1.165) is 21.7 Å². The number of benzene rings is 1. The number of hydrogen-bond acceptors (Lipinski definition) is 3. The molecule has 0 aliphatic heterocycles. The monoisotopic (exact) mass is 357 g/mol. The van der Waals surface area contributed by atoms with Gasteiger partial charge in [0, 0.05) is 18.5 Å². The molecule has 1 heterocycles. The van der Waals surface area contributed by atoms with E-state index in [-0.39, 0.29) is 11.7 Å². The van der Waals surface area contributed by atoms with Gasteiger partial charge in [-0.1, -0.05) is 52.0 Å². The summed E-state index contributed by atoms with van der Waals surface area (Å²) in [4.78, 5) is 25.2. The molecule has 134 valence electrons. The molecule has 1 aromatic heterocycles. The zero-order valence-corrected chi connectivity index (χ0v) is 16.3. The molecular formula is C21H27NO2S. The van der Waals surface area contributed by atoms with Crippen molar-refractivity contribution >= 4 is 28.7 Å². The van der Waals surface area contributed by atoms with Crippen molar-refractivity contribution in [1.29, 1.82) is 0 Å². The lowest BCUT2D eigenvalue weighted by Gasteiger charge is -2.20. The Bertz CT molecular complexity index is 691. The smallest absolute Gasteiger partial charge is 0.224 e. The fraction of sp³-hybridized carbons (Fsp3) is 0.429. The van der Waals surface area contributed by atoms with Crippen LogP contribution in [-0.4, -0.2) is 11.7 Å². The maximum atomic E-state index is 12.4. The Balaban J connectivity index is 1.99. The van der Waals surface area contributed by atoms with Gasteiger partial charge in [0.25, 0.3) is 0 Å². The number of Topliss-reactive ketones (excluding diaryl/α,β-unsaturated/α-hetero) is 1. The summed E-state index contributed by atoms with van der Waals surface area (Å²) >= 11 is 1.45. The van der Waals surface area contributed by atoms with Gasteiger partial charge in [-0.2, -0.15) is 0 Å². The molecule has 0 unspecified atom stereocenters. The number of para-hydroxylation sites is 1. The summed E-state index contributed by atoms with van der Waals surface area (Å²) in [5, 5.41) is 5.00. The van der Waals surface area contributed by atoms with Crippen LogP contribution in [0, 0.1) is 0 Å². The summed E-state index contributed by atoms with van der Waals surface area (Å²) in [6, 6.07) is 9.92. The number of carbonyl (C=O) groups is 2. The number of hydrogen-bond donors (Lipinski definition) is 1. The Morgan fingerprint density at radius 3 is 2.12 bits per heavy atom. The van der Waals surface area contributed by atoms with Crippen LogP contribution in [0.15, 0.2) is 35.7 Å². The van der Waals surface area contributed by atoms with Crippen LogP contribution in [0.2, 0.25) is 0 Å². The SMILES string of the molecule is CC(C)c1cccc(C(C)C)c1NC(=O)CCCC(=O)c1cccs1. The minimum Gasteiger partial charge on any atom is -0.326 e. The Hall–Kier alpha value is -1.94. The highest BCUT2D eigenvalue weighted by molar-refractivity contribution is 7.12. The first-order valence-electron chi connectivity index (χ1n) is 8.89. The zero-order valence-electron chi connectivity index (χ0n) is 15.5. The molecule has 4 heteroatoms. The van der Waals surface area contributed by atoms with E-state index in [9.17, 15) is 9.59 Å². The van der Waals surface area contributed by atoms with E-state index in [0.29, 0.717) is 31.1 Å². The summed E-state index contributed by atoms with van der Waals surface area (Å²) in [6.45, 7) is 8.53. The molecule has 0 atom stereocenters. The third-order valence-corrected chi connectivity index (χ3v) is 5.15. The molecular weight excluding hydrogens is 330 g/mol. The van der Waals surface area contributed by atoms with Crippen LogP contribution in [-0.2, 0) is 4.79 Å². The highest BCUT2D eigenvalue weighted by Gasteiger charge is 2.16. The molecule has 2 rings (SSSR count). The van der Waals surface area contributed by atoms with Gasteiger partial charge in [0.05, 0.1) is 4.88 Å². The van der Waals surface area contributed by atoms with E-state index in [1.165, 1.54) is 11.3 Å². The molecule has 1 aromatic carbocycles. The molecule has 3 nitrogen and oxygen atoms in total. The van der Waals surface area contributed by atoms with Gasteiger partial charge < -0.3 is 5.32 Å². The van der Waals surface area contributed by atoms with E-state index in [1.54, 1.807) is 0 Å². The number of carbonyl (C=O) groups excluding carboxylic acids is 2. The number of rotatable bonds is 8. The second-order valence-electron chi connectivity index (χ2n) is 6.92. The van der Waals surface area contributed by atoms with Crippen LogP contribution < -0.4 is 5.32 Å². The Morgan fingerprint density at radius 1 is 0.960 bits per heavy atom. The number of thiophene rings is 1. The van der Waals surface area contributed by atoms with Crippen LogP contribution in [0.4, 0.5) is 5.69 Å².